The molecule has 0 radical (unpaired) electrons. The summed E-state index contributed by atoms with van der Waals surface area (Å²) < 4.78 is 10.6. The molecule has 0 aliphatic rings. The van der Waals surface area contributed by atoms with Crippen molar-refractivity contribution in [1.29, 1.82) is 0 Å². The van der Waals surface area contributed by atoms with Gasteiger partial charge in [-0.3, -0.25) is 25.7 Å². The molecule has 0 atom stereocenters. The largest absolute Gasteiger partial charge is 0.493 e. The molecule has 11 heteroatoms. The third-order valence-corrected chi connectivity index (χ3v) is 4.17. The van der Waals surface area contributed by atoms with Gasteiger partial charge in [0.2, 0.25) is 0 Å². The average molecular weight is 436 g/mol. The van der Waals surface area contributed by atoms with E-state index in [0.29, 0.717) is 11.3 Å². The Morgan fingerprint density at radius 2 is 1.66 bits per heavy atom. The highest BCUT2D eigenvalue weighted by atomic mass is 16.6. The van der Waals surface area contributed by atoms with Crippen LogP contribution in [0.4, 0.5) is 17.1 Å². The van der Waals surface area contributed by atoms with Crippen LogP contribution in [0, 0.1) is 20.2 Å². The first-order valence-corrected chi connectivity index (χ1v) is 9.05. The minimum atomic E-state index is -0.770. The predicted octanol–water partition coefficient (Wildman–Crippen LogP) is 4.18. The van der Waals surface area contributed by atoms with Crippen LogP contribution < -0.4 is 14.9 Å². The minimum Gasteiger partial charge on any atom is -0.493 e. The Balaban J connectivity index is 1.69. The second kappa shape index (κ2) is 9.80. The highest BCUT2D eigenvalue weighted by Gasteiger charge is 2.16. The van der Waals surface area contributed by atoms with E-state index in [9.17, 15) is 25.0 Å². The summed E-state index contributed by atoms with van der Waals surface area (Å²) in [6, 6.07) is 15.7. The molecule has 0 aromatic heterocycles. The van der Waals surface area contributed by atoms with Crippen molar-refractivity contribution in [2.24, 2.45) is 5.10 Å². The highest BCUT2D eigenvalue weighted by Crippen LogP contribution is 2.29. The van der Waals surface area contributed by atoms with E-state index < -0.39 is 15.8 Å². The number of ether oxygens (including phenoxy) is 2. The number of nitrogens with one attached hydrogen (secondary N) is 1. The zero-order valence-electron chi connectivity index (χ0n) is 16.6. The SMILES string of the molecule is COc1cc(C=NNc2ccc([N+](=O)[O-])cc2)ccc1OC(=O)c1cccc([N+](=O)[O-])c1. The predicted molar refractivity (Wildman–Crippen MR) is 115 cm³/mol. The smallest absolute Gasteiger partial charge is 0.343 e. The topological polar surface area (TPSA) is 146 Å². The maximum absolute atomic E-state index is 12.4. The van der Waals surface area contributed by atoms with Crippen molar-refractivity contribution in [3.05, 3.63) is 98.1 Å². The second-order valence-corrected chi connectivity index (χ2v) is 6.28. The number of nitro groups is 2. The van der Waals surface area contributed by atoms with Crippen molar-refractivity contribution in [3.8, 4) is 11.5 Å². The maximum atomic E-state index is 12.4. The number of nitrogens with zero attached hydrogens (tertiary/aromatic N) is 3. The Labute approximate surface area is 181 Å². The first kappa shape index (κ1) is 21.9. The maximum Gasteiger partial charge on any atom is 0.343 e. The number of nitro benzene ring substituents is 2. The zero-order chi connectivity index (χ0) is 23.1. The Kier molecular flexibility index (Phi) is 6.71. The Hall–Kier alpha value is -4.80. The number of rotatable bonds is 8. The number of carbonyl (C=O) groups excluding carboxylic acids is 1. The molecule has 0 aliphatic carbocycles. The standard InChI is InChI=1S/C21H16N4O7/c1-31-20-11-14(13-22-23-16-6-8-17(9-7-16)24(27)28)5-10-19(20)32-21(26)15-3-2-4-18(12-15)25(29)30/h2-13,23H,1H3. The molecule has 0 heterocycles. The Bertz CT molecular complexity index is 1190. The number of benzene rings is 3. The molecule has 0 fully saturated rings. The molecule has 0 aliphatic heterocycles. The number of hydrogen-bond acceptors (Lipinski definition) is 9. The van der Waals surface area contributed by atoms with E-state index in [2.05, 4.69) is 10.5 Å². The molecule has 32 heavy (non-hydrogen) atoms. The lowest BCUT2D eigenvalue weighted by Gasteiger charge is -2.10. The molecule has 1 N–H and O–H groups in total. The van der Waals surface area contributed by atoms with Crippen molar-refractivity contribution >= 4 is 29.2 Å². The van der Waals surface area contributed by atoms with Crippen LogP contribution in [0.15, 0.2) is 71.8 Å². The van der Waals surface area contributed by atoms with Crippen molar-refractivity contribution in [2.45, 2.75) is 0 Å². The second-order valence-electron chi connectivity index (χ2n) is 6.28. The monoisotopic (exact) mass is 436 g/mol. The molecule has 0 unspecified atom stereocenters. The van der Waals surface area contributed by atoms with E-state index in [4.69, 9.17) is 9.47 Å². The molecule has 0 saturated heterocycles. The summed E-state index contributed by atoms with van der Waals surface area (Å²) >= 11 is 0. The quantitative estimate of drug-likeness (QED) is 0.182. The lowest BCUT2D eigenvalue weighted by Crippen LogP contribution is -2.09. The molecule has 0 spiro atoms. The number of esters is 1. The van der Waals surface area contributed by atoms with Crippen LogP contribution in [-0.2, 0) is 0 Å². The molecular weight excluding hydrogens is 420 g/mol. The fourth-order valence-corrected chi connectivity index (χ4v) is 2.59. The summed E-state index contributed by atoms with van der Waals surface area (Å²) in [7, 11) is 1.40. The molecule has 0 amide bonds. The van der Waals surface area contributed by atoms with E-state index in [-0.39, 0.29) is 28.4 Å². The number of non-ortho nitro benzene ring substituents is 2. The first-order valence-electron chi connectivity index (χ1n) is 9.05. The number of anilines is 1. The third-order valence-electron chi connectivity index (χ3n) is 4.17. The van der Waals surface area contributed by atoms with Gasteiger partial charge in [-0.25, -0.2) is 4.79 Å². The van der Waals surface area contributed by atoms with Gasteiger partial charge in [0, 0.05) is 24.3 Å². The van der Waals surface area contributed by atoms with E-state index in [1.807, 2.05) is 0 Å². The number of hydrazone groups is 1. The van der Waals surface area contributed by atoms with Gasteiger partial charge in [-0.15, -0.1) is 0 Å². The molecular formula is C21H16N4O7. The molecule has 3 rings (SSSR count). The lowest BCUT2D eigenvalue weighted by atomic mass is 10.2. The van der Waals surface area contributed by atoms with Crippen LogP contribution >= 0.6 is 0 Å². The van der Waals surface area contributed by atoms with Gasteiger partial charge in [-0.05, 0) is 42.0 Å². The molecule has 0 saturated carbocycles. The molecule has 11 nitrogen and oxygen atoms in total. The van der Waals surface area contributed by atoms with Crippen LogP contribution in [0.3, 0.4) is 0 Å². The van der Waals surface area contributed by atoms with Crippen LogP contribution in [-0.4, -0.2) is 29.1 Å². The Morgan fingerprint density at radius 3 is 2.31 bits per heavy atom. The lowest BCUT2D eigenvalue weighted by molar-refractivity contribution is -0.385. The van der Waals surface area contributed by atoms with E-state index in [0.717, 1.165) is 6.07 Å². The molecule has 3 aromatic carbocycles. The summed E-state index contributed by atoms with van der Waals surface area (Å²) in [6.07, 6.45) is 1.48. The van der Waals surface area contributed by atoms with Crippen molar-refractivity contribution in [1.82, 2.24) is 0 Å². The van der Waals surface area contributed by atoms with E-state index in [1.54, 1.807) is 12.1 Å². The molecule has 0 bridgehead atoms. The normalized spacial score (nSPS) is 10.5. The summed E-state index contributed by atoms with van der Waals surface area (Å²) in [5.74, 6) is -0.388. The van der Waals surface area contributed by atoms with Crippen LogP contribution in [0.25, 0.3) is 0 Å². The molecule has 3 aromatic rings. The van der Waals surface area contributed by atoms with Gasteiger partial charge in [-0.2, -0.15) is 5.10 Å². The number of methoxy groups -OCH3 is 1. The Morgan fingerprint density at radius 1 is 0.938 bits per heavy atom. The van der Waals surface area contributed by atoms with Gasteiger partial charge in [0.15, 0.2) is 11.5 Å². The van der Waals surface area contributed by atoms with Gasteiger partial charge >= 0.3 is 5.97 Å². The summed E-state index contributed by atoms with van der Waals surface area (Å²) in [4.78, 5) is 32.8. The van der Waals surface area contributed by atoms with Crippen LogP contribution in [0.5, 0.6) is 11.5 Å². The fraction of sp³-hybridized carbons (Fsp3) is 0.0476. The van der Waals surface area contributed by atoms with Crippen molar-refractivity contribution in [3.63, 3.8) is 0 Å². The molecule has 162 valence electrons. The summed E-state index contributed by atoms with van der Waals surface area (Å²) in [6.45, 7) is 0. The fourth-order valence-electron chi connectivity index (χ4n) is 2.59. The van der Waals surface area contributed by atoms with Gasteiger partial charge < -0.3 is 9.47 Å². The van der Waals surface area contributed by atoms with E-state index >= 15 is 0 Å². The summed E-state index contributed by atoms with van der Waals surface area (Å²) in [5, 5.41) is 25.6. The number of carbonyl (C=O) groups is 1. The van der Waals surface area contributed by atoms with Gasteiger partial charge in [-0.1, -0.05) is 6.07 Å². The summed E-state index contributed by atoms with van der Waals surface area (Å²) in [5.41, 5.74) is 3.69. The zero-order valence-corrected chi connectivity index (χ0v) is 16.6. The van der Waals surface area contributed by atoms with Crippen molar-refractivity contribution in [2.75, 3.05) is 12.5 Å². The number of hydrogen-bond donors (Lipinski definition) is 1. The van der Waals surface area contributed by atoms with Crippen molar-refractivity contribution < 1.29 is 24.1 Å². The third kappa shape index (κ3) is 5.42. The first-order chi connectivity index (χ1) is 15.4. The van der Waals surface area contributed by atoms with Crippen LogP contribution in [0.1, 0.15) is 15.9 Å². The van der Waals surface area contributed by atoms with Gasteiger partial charge in [0.25, 0.3) is 11.4 Å². The average Bonchev–Trinajstić information content (AvgIpc) is 2.80. The van der Waals surface area contributed by atoms with E-state index in [1.165, 1.54) is 61.9 Å². The van der Waals surface area contributed by atoms with Crippen LogP contribution in [0.2, 0.25) is 0 Å². The highest BCUT2D eigenvalue weighted by molar-refractivity contribution is 5.92. The van der Waals surface area contributed by atoms with Gasteiger partial charge in [0.05, 0.1) is 34.4 Å². The minimum absolute atomic E-state index is 0.0270. The van der Waals surface area contributed by atoms with Gasteiger partial charge in [0.1, 0.15) is 0 Å².